The Morgan fingerprint density at radius 1 is 0.938 bits per heavy atom. The van der Waals surface area contributed by atoms with Gasteiger partial charge < -0.3 is 15.0 Å². The zero-order valence-corrected chi connectivity index (χ0v) is 18.6. The summed E-state index contributed by atoms with van der Waals surface area (Å²) in [6.45, 7) is 0.935. The highest BCUT2D eigenvalue weighted by molar-refractivity contribution is 6.30. The van der Waals surface area contributed by atoms with Gasteiger partial charge >= 0.3 is 0 Å². The van der Waals surface area contributed by atoms with Crippen molar-refractivity contribution in [3.8, 4) is 5.75 Å². The second kappa shape index (κ2) is 9.88. The highest BCUT2D eigenvalue weighted by Gasteiger charge is 2.35. The molecule has 2 unspecified atom stereocenters. The molecule has 1 N–H and O–H groups in total. The summed E-state index contributed by atoms with van der Waals surface area (Å²) in [5, 5.41) is 3.57. The minimum atomic E-state index is -0.327. The van der Waals surface area contributed by atoms with Gasteiger partial charge in [-0.15, -0.1) is 0 Å². The molecule has 4 rings (SSSR count). The van der Waals surface area contributed by atoms with Gasteiger partial charge in [-0.05, 0) is 60.5 Å². The molecule has 32 heavy (non-hydrogen) atoms. The molecule has 2 amide bonds. The summed E-state index contributed by atoms with van der Waals surface area (Å²) in [6.07, 6.45) is 0.677. The first kappa shape index (κ1) is 21.9. The van der Waals surface area contributed by atoms with E-state index in [1.54, 1.807) is 48.4 Å². The van der Waals surface area contributed by atoms with E-state index in [4.69, 9.17) is 16.3 Å². The molecular formula is C26H25ClN2O3. The largest absolute Gasteiger partial charge is 0.497 e. The number of hydrogen-bond donors (Lipinski definition) is 1. The molecule has 164 valence electrons. The summed E-state index contributed by atoms with van der Waals surface area (Å²) in [5.41, 5.74) is 2.40. The van der Waals surface area contributed by atoms with Gasteiger partial charge in [0.15, 0.2) is 0 Å². The third-order valence-corrected chi connectivity index (χ3v) is 6.08. The van der Waals surface area contributed by atoms with Crippen molar-refractivity contribution >= 4 is 29.1 Å². The quantitative estimate of drug-likeness (QED) is 0.581. The van der Waals surface area contributed by atoms with E-state index in [0.29, 0.717) is 35.8 Å². The summed E-state index contributed by atoms with van der Waals surface area (Å²) in [7, 11) is 1.60. The number of methoxy groups -OCH3 is 1. The lowest BCUT2D eigenvalue weighted by Crippen LogP contribution is -2.46. The highest BCUT2D eigenvalue weighted by atomic mass is 35.5. The number of nitrogens with zero attached hydrogens (tertiary/aromatic N) is 1. The fourth-order valence-corrected chi connectivity index (χ4v) is 4.24. The summed E-state index contributed by atoms with van der Waals surface area (Å²) < 4.78 is 5.18. The van der Waals surface area contributed by atoms with Crippen molar-refractivity contribution in [1.82, 2.24) is 4.90 Å². The maximum absolute atomic E-state index is 13.2. The number of ether oxygens (including phenoxy) is 1. The van der Waals surface area contributed by atoms with Crippen LogP contribution < -0.4 is 10.1 Å². The average Bonchev–Trinajstić information content (AvgIpc) is 2.85. The Labute approximate surface area is 193 Å². The van der Waals surface area contributed by atoms with Gasteiger partial charge in [0.25, 0.3) is 5.91 Å². The summed E-state index contributed by atoms with van der Waals surface area (Å²) in [6, 6.07) is 24.2. The smallest absolute Gasteiger partial charge is 0.253 e. The second-order valence-corrected chi connectivity index (χ2v) is 8.41. The van der Waals surface area contributed by atoms with E-state index in [2.05, 4.69) is 17.4 Å². The molecule has 1 aliphatic heterocycles. The lowest BCUT2D eigenvalue weighted by molar-refractivity contribution is -0.121. The lowest BCUT2D eigenvalue weighted by Gasteiger charge is -2.37. The predicted molar refractivity (Wildman–Crippen MR) is 126 cm³/mol. The molecule has 0 saturated carbocycles. The Bertz CT molecular complexity index is 1070. The first-order valence-electron chi connectivity index (χ1n) is 10.6. The SMILES string of the molecule is COc1ccc(NC(=O)C2CC(c3ccccc3)CN(C(=O)c3ccc(Cl)cc3)C2)cc1. The zero-order chi connectivity index (χ0) is 22.5. The van der Waals surface area contributed by atoms with E-state index in [0.717, 1.165) is 11.3 Å². The van der Waals surface area contributed by atoms with E-state index >= 15 is 0 Å². The predicted octanol–water partition coefficient (Wildman–Crippen LogP) is 5.23. The zero-order valence-electron chi connectivity index (χ0n) is 17.8. The summed E-state index contributed by atoms with van der Waals surface area (Å²) in [5.74, 6) is 0.291. The van der Waals surface area contributed by atoms with E-state index < -0.39 is 0 Å². The standard InChI is InChI=1S/C26H25ClN2O3/c1-32-24-13-11-23(12-14-24)28-25(30)21-15-20(18-5-3-2-4-6-18)16-29(17-21)26(31)19-7-9-22(27)10-8-19/h2-14,20-21H,15-17H2,1H3,(H,28,30). The molecule has 3 aromatic rings. The van der Waals surface area contributed by atoms with Crippen LogP contribution in [0, 0.1) is 5.92 Å². The maximum Gasteiger partial charge on any atom is 0.253 e. The lowest BCUT2D eigenvalue weighted by atomic mass is 9.83. The van der Waals surface area contributed by atoms with E-state index in [9.17, 15) is 9.59 Å². The first-order chi connectivity index (χ1) is 15.5. The molecule has 1 aliphatic rings. The Morgan fingerprint density at radius 2 is 1.62 bits per heavy atom. The van der Waals surface area contributed by atoms with Crippen molar-refractivity contribution in [3.05, 3.63) is 95.0 Å². The van der Waals surface area contributed by atoms with Crippen molar-refractivity contribution < 1.29 is 14.3 Å². The Balaban J connectivity index is 1.55. The minimum absolute atomic E-state index is 0.0767. The van der Waals surface area contributed by atoms with Crippen LogP contribution in [0.3, 0.4) is 0 Å². The van der Waals surface area contributed by atoms with Crippen LogP contribution in [0.15, 0.2) is 78.9 Å². The van der Waals surface area contributed by atoms with Crippen LogP contribution in [0.4, 0.5) is 5.69 Å². The molecule has 1 heterocycles. The Kier molecular flexibility index (Phi) is 6.76. The molecule has 6 heteroatoms. The molecule has 1 fully saturated rings. The van der Waals surface area contributed by atoms with Gasteiger partial charge in [0.1, 0.15) is 5.75 Å². The molecule has 0 radical (unpaired) electrons. The van der Waals surface area contributed by atoms with Gasteiger partial charge in [-0.25, -0.2) is 0 Å². The van der Waals surface area contributed by atoms with Gasteiger partial charge in [-0.2, -0.15) is 0 Å². The maximum atomic E-state index is 13.2. The number of anilines is 1. The number of halogens is 1. The number of rotatable bonds is 5. The molecule has 5 nitrogen and oxygen atoms in total. The fraction of sp³-hybridized carbons (Fsp3) is 0.231. The molecular weight excluding hydrogens is 424 g/mol. The van der Waals surface area contributed by atoms with Gasteiger partial charge in [0, 0.05) is 35.3 Å². The van der Waals surface area contributed by atoms with Crippen LogP contribution in [0.25, 0.3) is 0 Å². The number of hydrogen-bond acceptors (Lipinski definition) is 3. The molecule has 3 aromatic carbocycles. The number of likely N-dealkylation sites (tertiary alicyclic amines) is 1. The van der Waals surface area contributed by atoms with Crippen molar-refractivity contribution in [2.75, 3.05) is 25.5 Å². The number of piperidine rings is 1. The summed E-state index contributed by atoms with van der Waals surface area (Å²) in [4.78, 5) is 28.2. The van der Waals surface area contributed by atoms with Gasteiger partial charge in [0.05, 0.1) is 13.0 Å². The van der Waals surface area contributed by atoms with Gasteiger partial charge in [-0.1, -0.05) is 41.9 Å². The molecule has 0 bridgehead atoms. The van der Waals surface area contributed by atoms with Crippen molar-refractivity contribution in [1.29, 1.82) is 0 Å². The highest BCUT2D eigenvalue weighted by Crippen LogP contribution is 2.32. The van der Waals surface area contributed by atoms with E-state index in [1.165, 1.54) is 0 Å². The third-order valence-electron chi connectivity index (χ3n) is 5.83. The van der Waals surface area contributed by atoms with Crippen molar-refractivity contribution in [3.63, 3.8) is 0 Å². The van der Waals surface area contributed by atoms with Crippen LogP contribution >= 0.6 is 11.6 Å². The van der Waals surface area contributed by atoms with Crippen LogP contribution in [0.1, 0.15) is 28.3 Å². The third kappa shape index (κ3) is 5.11. The normalized spacial score (nSPS) is 18.1. The van der Waals surface area contributed by atoms with E-state index in [1.807, 2.05) is 30.3 Å². The van der Waals surface area contributed by atoms with Crippen LogP contribution in [0.2, 0.25) is 5.02 Å². The number of carbonyl (C=O) groups excluding carboxylic acids is 2. The molecule has 0 aliphatic carbocycles. The van der Waals surface area contributed by atoms with Crippen molar-refractivity contribution in [2.24, 2.45) is 5.92 Å². The molecule has 0 aromatic heterocycles. The molecule has 1 saturated heterocycles. The number of amides is 2. The fourth-order valence-electron chi connectivity index (χ4n) is 4.12. The molecule has 0 spiro atoms. The average molecular weight is 449 g/mol. The Hall–Kier alpha value is -3.31. The van der Waals surface area contributed by atoms with Gasteiger partial charge in [-0.3, -0.25) is 9.59 Å². The van der Waals surface area contributed by atoms with Crippen LogP contribution in [0.5, 0.6) is 5.75 Å². The minimum Gasteiger partial charge on any atom is -0.497 e. The molecule has 2 atom stereocenters. The number of nitrogens with one attached hydrogen (secondary N) is 1. The van der Waals surface area contributed by atoms with Crippen LogP contribution in [-0.2, 0) is 4.79 Å². The number of benzene rings is 3. The van der Waals surface area contributed by atoms with Gasteiger partial charge in [0.2, 0.25) is 5.91 Å². The van der Waals surface area contributed by atoms with Crippen LogP contribution in [-0.4, -0.2) is 36.9 Å². The van der Waals surface area contributed by atoms with Crippen molar-refractivity contribution in [2.45, 2.75) is 12.3 Å². The Morgan fingerprint density at radius 3 is 2.28 bits per heavy atom. The monoisotopic (exact) mass is 448 g/mol. The second-order valence-electron chi connectivity index (χ2n) is 7.98. The number of carbonyl (C=O) groups is 2. The van der Waals surface area contributed by atoms with E-state index in [-0.39, 0.29) is 23.7 Å². The first-order valence-corrected chi connectivity index (χ1v) is 11.0. The summed E-state index contributed by atoms with van der Waals surface area (Å²) >= 11 is 5.98. The topological polar surface area (TPSA) is 58.6 Å².